The lowest BCUT2D eigenvalue weighted by Crippen LogP contribution is -2.12. The Labute approximate surface area is 107 Å². The van der Waals surface area contributed by atoms with Gasteiger partial charge in [0.25, 0.3) is 0 Å². The van der Waals surface area contributed by atoms with Gasteiger partial charge in [0, 0.05) is 10.9 Å². The fourth-order valence-corrected chi connectivity index (χ4v) is 2.13. The Hall–Kier alpha value is -2.28. The van der Waals surface area contributed by atoms with E-state index in [1.54, 1.807) is 17.5 Å². The number of oxime groups is 1. The van der Waals surface area contributed by atoms with E-state index in [1.165, 1.54) is 24.5 Å². The van der Waals surface area contributed by atoms with Crippen molar-refractivity contribution in [1.29, 1.82) is 0 Å². The summed E-state index contributed by atoms with van der Waals surface area (Å²) >= 11 is 1.26. The molecule has 0 spiro atoms. The van der Waals surface area contributed by atoms with Crippen LogP contribution >= 0.6 is 11.3 Å². The molecule has 2 rings (SSSR count). The highest BCUT2D eigenvalue weighted by Gasteiger charge is 2.10. The van der Waals surface area contributed by atoms with E-state index in [4.69, 9.17) is 15.7 Å². The average Bonchev–Trinajstić information content (AvgIpc) is 2.88. The standard InChI is InChI=1S/C11H11N3O3S/c1-17-9-4-6(2-3-8(9)15)7-5-18-11(13-7)10(12)14-16/h2-5,15-16H,1H3,(H2,12,14). The van der Waals surface area contributed by atoms with E-state index in [1.807, 2.05) is 0 Å². The minimum atomic E-state index is -0.0306. The smallest absolute Gasteiger partial charge is 0.199 e. The van der Waals surface area contributed by atoms with Crippen molar-refractivity contribution in [2.24, 2.45) is 10.9 Å². The fraction of sp³-hybridized carbons (Fsp3) is 0.0909. The summed E-state index contributed by atoms with van der Waals surface area (Å²) in [4.78, 5) is 4.22. The molecule has 0 aliphatic rings. The Morgan fingerprint density at radius 3 is 2.94 bits per heavy atom. The maximum absolute atomic E-state index is 9.50. The molecule has 1 heterocycles. The SMILES string of the molecule is COc1cc(-c2csc(/C(N)=N/O)n2)ccc1O. The van der Waals surface area contributed by atoms with Crippen LogP contribution in [0.5, 0.6) is 11.5 Å². The lowest BCUT2D eigenvalue weighted by Gasteiger charge is -2.04. The van der Waals surface area contributed by atoms with Gasteiger partial charge in [-0.15, -0.1) is 11.3 Å². The number of rotatable bonds is 3. The van der Waals surface area contributed by atoms with Gasteiger partial charge >= 0.3 is 0 Å². The van der Waals surface area contributed by atoms with Gasteiger partial charge in [-0.3, -0.25) is 0 Å². The third kappa shape index (κ3) is 2.21. The number of phenols is 1. The van der Waals surface area contributed by atoms with Gasteiger partial charge in [0.2, 0.25) is 0 Å². The van der Waals surface area contributed by atoms with E-state index in [-0.39, 0.29) is 11.6 Å². The Morgan fingerprint density at radius 1 is 1.50 bits per heavy atom. The number of hydrogen-bond donors (Lipinski definition) is 3. The van der Waals surface area contributed by atoms with E-state index in [2.05, 4.69) is 10.1 Å². The second kappa shape index (κ2) is 4.92. The number of benzene rings is 1. The van der Waals surface area contributed by atoms with Crippen molar-refractivity contribution in [3.8, 4) is 22.8 Å². The number of phenolic OH excluding ortho intramolecular Hbond substituents is 1. The molecule has 0 fully saturated rings. The van der Waals surface area contributed by atoms with E-state index in [0.717, 1.165) is 5.56 Å². The molecule has 0 radical (unpaired) electrons. The zero-order valence-electron chi connectivity index (χ0n) is 9.49. The number of hydrogen-bond acceptors (Lipinski definition) is 6. The van der Waals surface area contributed by atoms with Gasteiger partial charge in [-0.25, -0.2) is 4.98 Å². The first kappa shape index (κ1) is 12.2. The molecule has 0 unspecified atom stereocenters. The van der Waals surface area contributed by atoms with Gasteiger partial charge in [0.05, 0.1) is 12.8 Å². The van der Waals surface area contributed by atoms with Gasteiger partial charge in [0.1, 0.15) is 0 Å². The molecule has 18 heavy (non-hydrogen) atoms. The van der Waals surface area contributed by atoms with E-state index in [9.17, 15) is 5.11 Å². The van der Waals surface area contributed by atoms with E-state index in [0.29, 0.717) is 16.5 Å². The fourth-order valence-electron chi connectivity index (χ4n) is 1.40. The zero-order valence-corrected chi connectivity index (χ0v) is 10.3. The van der Waals surface area contributed by atoms with E-state index < -0.39 is 0 Å². The number of aromatic nitrogens is 1. The number of nitrogens with two attached hydrogens (primary N) is 1. The molecule has 94 valence electrons. The number of aromatic hydroxyl groups is 1. The van der Waals surface area contributed by atoms with Crippen LogP contribution in [0.2, 0.25) is 0 Å². The number of thiazole rings is 1. The second-order valence-electron chi connectivity index (χ2n) is 3.41. The first-order valence-electron chi connectivity index (χ1n) is 4.96. The van der Waals surface area contributed by atoms with Crippen LogP contribution in [0.3, 0.4) is 0 Å². The van der Waals surface area contributed by atoms with Crippen LogP contribution in [0.4, 0.5) is 0 Å². The normalized spacial score (nSPS) is 11.5. The van der Waals surface area contributed by atoms with Crippen molar-refractivity contribution in [1.82, 2.24) is 4.98 Å². The summed E-state index contributed by atoms with van der Waals surface area (Å²) in [6.07, 6.45) is 0. The van der Waals surface area contributed by atoms with Crippen LogP contribution in [0.25, 0.3) is 11.3 Å². The Kier molecular flexibility index (Phi) is 3.33. The molecule has 1 aromatic carbocycles. The van der Waals surface area contributed by atoms with Crippen molar-refractivity contribution < 1.29 is 15.1 Å². The highest BCUT2D eigenvalue weighted by Crippen LogP contribution is 2.31. The molecule has 0 saturated heterocycles. The lowest BCUT2D eigenvalue weighted by molar-refractivity contribution is 0.318. The first-order chi connectivity index (χ1) is 8.65. The van der Waals surface area contributed by atoms with Gasteiger partial charge in [-0.05, 0) is 18.2 Å². The van der Waals surface area contributed by atoms with Gasteiger partial charge in [0.15, 0.2) is 22.3 Å². The van der Waals surface area contributed by atoms with Crippen LogP contribution < -0.4 is 10.5 Å². The number of ether oxygens (including phenoxy) is 1. The highest BCUT2D eigenvalue weighted by atomic mass is 32.1. The van der Waals surface area contributed by atoms with Crippen molar-refractivity contribution in [3.63, 3.8) is 0 Å². The van der Waals surface area contributed by atoms with Crippen LogP contribution in [0.15, 0.2) is 28.7 Å². The third-order valence-electron chi connectivity index (χ3n) is 2.31. The summed E-state index contributed by atoms with van der Waals surface area (Å²) in [6.45, 7) is 0. The first-order valence-corrected chi connectivity index (χ1v) is 5.84. The number of nitrogens with zero attached hydrogens (tertiary/aromatic N) is 2. The largest absolute Gasteiger partial charge is 0.504 e. The number of amidine groups is 1. The van der Waals surface area contributed by atoms with Crippen LogP contribution in [-0.4, -0.2) is 28.2 Å². The Bertz CT molecular complexity index is 595. The second-order valence-corrected chi connectivity index (χ2v) is 4.27. The summed E-state index contributed by atoms with van der Waals surface area (Å²) < 4.78 is 5.02. The molecule has 0 aliphatic heterocycles. The average molecular weight is 265 g/mol. The predicted molar refractivity (Wildman–Crippen MR) is 68.3 cm³/mol. The molecule has 0 amide bonds. The van der Waals surface area contributed by atoms with Gasteiger partial charge in [-0.1, -0.05) is 5.16 Å². The molecule has 0 bridgehead atoms. The maximum Gasteiger partial charge on any atom is 0.199 e. The third-order valence-corrected chi connectivity index (χ3v) is 3.17. The highest BCUT2D eigenvalue weighted by molar-refractivity contribution is 7.12. The van der Waals surface area contributed by atoms with Gasteiger partial charge < -0.3 is 20.8 Å². The molecule has 7 heteroatoms. The summed E-state index contributed by atoms with van der Waals surface area (Å²) in [5.41, 5.74) is 6.89. The molecule has 6 nitrogen and oxygen atoms in total. The Morgan fingerprint density at radius 2 is 2.28 bits per heavy atom. The molecule has 1 aromatic heterocycles. The zero-order chi connectivity index (χ0) is 13.1. The summed E-state index contributed by atoms with van der Waals surface area (Å²) in [5.74, 6) is 0.399. The van der Waals surface area contributed by atoms with Crippen LogP contribution in [-0.2, 0) is 0 Å². The molecular formula is C11H11N3O3S. The molecule has 4 N–H and O–H groups in total. The summed E-state index contributed by atoms with van der Waals surface area (Å²) in [5, 5.41) is 23.2. The van der Waals surface area contributed by atoms with Crippen LogP contribution in [0.1, 0.15) is 5.01 Å². The van der Waals surface area contributed by atoms with Crippen molar-refractivity contribution in [2.75, 3.05) is 7.11 Å². The molecule has 0 saturated carbocycles. The maximum atomic E-state index is 9.50. The Balaban J connectivity index is 2.40. The van der Waals surface area contributed by atoms with Crippen LogP contribution in [0, 0.1) is 0 Å². The lowest BCUT2D eigenvalue weighted by atomic mass is 10.1. The molecule has 2 aromatic rings. The van der Waals surface area contributed by atoms with Gasteiger partial charge in [-0.2, -0.15) is 0 Å². The monoisotopic (exact) mass is 265 g/mol. The molecule has 0 aliphatic carbocycles. The quantitative estimate of drug-likeness (QED) is 0.339. The number of methoxy groups -OCH3 is 1. The summed E-state index contributed by atoms with van der Waals surface area (Å²) in [7, 11) is 1.47. The summed E-state index contributed by atoms with van der Waals surface area (Å²) in [6, 6.07) is 4.90. The topological polar surface area (TPSA) is 101 Å². The molecule has 0 atom stereocenters. The van der Waals surface area contributed by atoms with Crippen molar-refractivity contribution in [3.05, 3.63) is 28.6 Å². The van der Waals surface area contributed by atoms with E-state index >= 15 is 0 Å². The minimum Gasteiger partial charge on any atom is -0.504 e. The molecular weight excluding hydrogens is 254 g/mol. The van der Waals surface area contributed by atoms with Crippen molar-refractivity contribution in [2.45, 2.75) is 0 Å². The van der Waals surface area contributed by atoms with Crippen molar-refractivity contribution >= 4 is 17.2 Å². The minimum absolute atomic E-state index is 0.0306. The predicted octanol–water partition coefficient (Wildman–Crippen LogP) is 1.62.